The first kappa shape index (κ1) is 74.3. The van der Waals surface area contributed by atoms with Crippen LogP contribution in [0.3, 0.4) is 0 Å². The highest BCUT2D eigenvalue weighted by Gasteiger charge is 2.51. The van der Waals surface area contributed by atoms with Crippen LogP contribution >= 0.6 is 0 Å². The molecule has 0 bridgehead atoms. The first-order chi connectivity index (χ1) is 39.1. The second-order valence-corrected chi connectivity index (χ2v) is 23.6. The van der Waals surface area contributed by atoms with Crippen molar-refractivity contribution in [3.8, 4) is 0 Å². The Kier molecular flexibility index (Phi) is 47.9. The summed E-state index contributed by atoms with van der Waals surface area (Å²) in [5, 5.41) is 87.3. The third kappa shape index (κ3) is 36.1. The van der Waals surface area contributed by atoms with Crippen LogP contribution in [-0.2, 0) is 23.7 Å². The Morgan fingerprint density at radius 3 is 1.23 bits per heavy atom. The molecule has 2 heterocycles. The van der Waals surface area contributed by atoms with E-state index in [9.17, 15) is 45.6 Å². The van der Waals surface area contributed by atoms with E-state index in [0.717, 1.165) is 32.1 Å². The van der Waals surface area contributed by atoms with Gasteiger partial charge < -0.3 is 65.1 Å². The molecule has 14 nitrogen and oxygen atoms in total. The highest BCUT2D eigenvalue weighted by atomic mass is 16.7. The number of carbonyl (C=O) groups excluding carboxylic acids is 1. The number of rotatable bonds is 54. The lowest BCUT2D eigenvalue weighted by molar-refractivity contribution is -0.359. The summed E-state index contributed by atoms with van der Waals surface area (Å²) in [7, 11) is 0. The number of nitrogens with one attached hydrogen (secondary N) is 1. The number of aliphatic hydroxyl groups excluding tert-OH is 8. The predicted octanol–water partition coefficient (Wildman–Crippen LogP) is 12.6. The summed E-state index contributed by atoms with van der Waals surface area (Å²) in [6.45, 7) is 2.82. The van der Waals surface area contributed by atoms with Crippen LogP contribution in [0.1, 0.15) is 284 Å². The molecule has 0 aliphatic carbocycles. The van der Waals surface area contributed by atoms with Crippen LogP contribution in [0.4, 0.5) is 0 Å². The van der Waals surface area contributed by atoms with Crippen LogP contribution in [0.25, 0.3) is 0 Å². The molecule has 1 amide bonds. The normalized spacial score (nSPS) is 24.4. The van der Waals surface area contributed by atoms with Crippen molar-refractivity contribution in [2.24, 2.45) is 0 Å². The quantitative estimate of drug-likeness (QED) is 0.0204. The van der Waals surface area contributed by atoms with Crippen molar-refractivity contribution in [2.75, 3.05) is 19.8 Å². The van der Waals surface area contributed by atoms with E-state index in [-0.39, 0.29) is 18.9 Å². The van der Waals surface area contributed by atoms with Crippen molar-refractivity contribution in [1.29, 1.82) is 0 Å². The monoisotopic (exact) mass is 1140 g/mol. The van der Waals surface area contributed by atoms with Gasteiger partial charge in [-0.3, -0.25) is 4.79 Å². The molecule has 9 N–H and O–H groups in total. The molecule has 2 fully saturated rings. The van der Waals surface area contributed by atoms with Gasteiger partial charge >= 0.3 is 0 Å². The van der Waals surface area contributed by atoms with Gasteiger partial charge in [0.15, 0.2) is 12.6 Å². The molecule has 2 aliphatic heterocycles. The van der Waals surface area contributed by atoms with Gasteiger partial charge in [0.1, 0.15) is 48.8 Å². The van der Waals surface area contributed by atoms with E-state index in [2.05, 4.69) is 43.5 Å². The van der Waals surface area contributed by atoms with Gasteiger partial charge in [0.25, 0.3) is 0 Å². The predicted molar refractivity (Wildman–Crippen MR) is 323 cm³/mol. The minimum atomic E-state index is -1.79. The molecule has 80 heavy (non-hydrogen) atoms. The smallest absolute Gasteiger partial charge is 0.220 e. The van der Waals surface area contributed by atoms with Crippen molar-refractivity contribution in [3.05, 3.63) is 36.5 Å². The molecule has 14 heteroatoms. The average Bonchev–Trinajstić information content (AvgIpc) is 3.49. The fourth-order valence-electron chi connectivity index (χ4n) is 11.0. The number of amides is 1. The maximum atomic E-state index is 13.3. The van der Waals surface area contributed by atoms with Crippen molar-refractivity contribution in [2.45, 2.75) is 357 Å². The maximum absolute atomic E-state index is 13.3. The van der Waals surface area contributed by atoms with Crippen LogP contribution in [0.5, 0.6) is 0 Å². The lowest BCUT2D eigenvalue weighted by Crippen LogP contribution is -2.65. The van der Waals surface area contributed by atoms with Crippen molar-refractivity contribution in [3.63, 3.8) is 0 Å². The average molecular weight is 1140 g/mol. The summed E-state index contributed by atoms with van der Waals surface area (Å²) in [5.74, 6) is -0.246. The summed E-state index contributed by atoms with van der Waals surface area (Å²) in [5.41, 5.74) is 0. The van der Waals surface area contributed by atoms with Gasteiger partial charge in [0.2, 0.25) is 5.91 Å². The Hall–Kier alpha value is -1.79. The van der Waals surface area contributed by atoms with Crippen molar-refractivity contribution < 1.29 is 64.6 Å². The molecule has 0 aromatic carbocycles. The Labute approximate surface area is 487 Å². The first-order valence-electron chi connectivity index (χ1n) is 33.2. The SMILES string of the molecule is CCCCCCCCCC/C=C\CCCCCCCCCCCCCCCC(=O)NC(COC1OC(CO)C(OC2OC(CO)C(O)C(O)C2O)C(O)C1O)C(O)/C=C/CC/C=C/CCCCCCCCCCCCCCCCC. The van der Waals surface area contributed by atoms with Gasteiger partial charge in [-0.2, -0.15) is 0 Å². The molecule has 0 aromatic rings. The molecule has 12 unspecified atom stereocenters. The number of carbonyl (C=O) groups is 1. The second-order valence-electron chi connectivity index (χ2n) is 23.6. The minimum absolute atomic E-state index is 0.246. The highest BCUT2D eigenvalue weighted by Crippen LogP contribution is 2.30. The van der Waals surface area contributed by atoms with Gasteiger partial charge in [-0.05, 0) is 57.8 Å². The van der Waals surface area contributed by atoms with Crippen LogP contribution in [0.15, 0.2) is 36.5 Å². The summed E-state index contributed by atoms with van der Waals surface area (Å²) in [4.78, 5) is 13.3. The Morgan fingerprint density at radius 1 is 0.438 bits per heavy atom. The van der Waals surface area contributed by atoms with E-state index in [1.807, 2.05) is 6.08 Å². The fourth-order valence-corrected chi connectivity index (χ4v) is 11.0. The van der Waals surface area contributed by atoms with E-state index in [4.69, 9.17) is 18.9 Å². The van der Waals surface area contributed by atoms with Crippen molar-refractivity contribution in [1.82, 2.24) is 5.32 Å². The molecule has 0 aromatic heterocycles. The fraction of sp³-hybridized carbons (Fsp3) is 0.894. The second kappa shape index (κ2) is 51.6. The zero-order valence-electron chi connectivity index (χ0n) is 50.8. The van der Waals surface area contributed by atoms with Crippen LogP contribution < -0.4 is 5.32 Å². The van der Waals surface area contributed by atoms with Gasteiger partial charge in [-0.25, -0.2) is 0 Å². The van der Waals surface area contributed by atoms with E-state index in [1.165, 1.54) is 218 Å². The molecule has 0 saturated carbocycles. The third-order valence-electron chi connectivity index (χ3n) is 16.3. The molecule has 2 saturated heterocycles. The lowest BCUT2D eigenvalue weighted by Gasteiger charge is -2.46. The number of unbranched alkanes of at least 4 members (excludes halogenated alkanes) is 37. The van der Waals surface area contributed by atoms with E-state index in [0.29, 0.717) is 12.8 Å². The minimum Gasteiger partial charge on any atom is -0.394 e. The van der Waals surface area contributed by atoms with Crippen molar-refractivity contribution >= 4 is 5.91 Å². The molecule has 2 aliphatic rings. The standard InChI is InChI=1S/C66H123NO13/c1-3-5-7-9-11-13-15-17-19-21-23-25-26-27-28-30-32-34-36-38-40-42-44-46-48-50-58(71)67-54(55(70)49-47-45-43-41-39-37-35-33-31-29-24-22-20-18-16-14-12-10-8-6-4-2)53-77-65-63(76)61(74)64(57(52-69)79-65)80-66-62(75)60(73)59(72)56(51-68)78-66/h21,23,39,41,47,49,54-57,59-66,68-70,72-76H,3-20,22,24-38,40,42-46,48,50-53H2,1-2H3,(H,67,71)/b23-21-,41-39+,49-47+. The maximum Gasteiger partial charge on any atom is 0.220 e. The molecule has 12 atom stereocenters. The third-order valence-corrected chi connectivity index (χ3v) is 16.3. The van der Waals surface area contributed by atoms with Crippen LogP contribution in [-0.4, -0.2) is 140 Å². The summed E-state index contributed by atoms with van der Waals surface area (Å²) in [6.07, 6.45) is 47.6. The number of allylic oxidation sites excluding steroid dienone is 5. The molecular formula is C66H123NO13. The molecule has 2 rings (SSSR count). The Bertz CT molecular complexity index is 1480. The zero-order valence-corrected chi connectivity index (χ0v) is 50.8. The summed E-state index contributed by atoms with van der Waals surface area (Å²) < 4.78 is 22.8. The molecule has 470 valence electrons. The summed E-state index contributed by atoms with van der Waals surface area (Å²) >= 11 is 0. The van der Waals surface area contributed by atoms with E-state index < -0.39 is 86.8 Å². The zero-order chi connectivity index (χ0) is 58.1. The van der Waals surface area contributed by atoms with Gasteiger partial charge in [-0.15, -0.1) is 0 Å². The van der Waals surface area contributed by atoms with E-state index in [1.54, 1.807) is 6.08 Å². The highest BCUT2D eigenvalue weighted by molar-refractivity contribution is 5.76. The molecule has 0 spiro atoms. The van der Waals surface area contributed by atoms with Gasteiger partial charge in [0, 0.05) is 6.42 Å². The first-order valence-corrected chi connectivity index (χ1v) is 33.2. The lowest BCUT2D eigenvalue weighted by atomic mass is 9.97. The van der Waals surface area contributed by atoms with Gasteiger partial charge in [-0.1, -0.05) is 256 Å². The largest absolute Gasteiger partial charge is 0.394 e. The van der Waals surface area contributed by atoms with E-state index >= 15 is 0 Å². The molecular weight excluding hydrogens is 1010 g/mol. The van der Waals surface area contributed by atoms with Crippen LogP contribution in [0, 0.1) is 0 Å². The summed E-state index contributed by atoms with van der Waals surface area (Å²) in [6, 6.07) is -0.931. The number of hydrogen-bond donors (Lipinski definition) is 9. The Balaban J connectivity index is 1.72. The number of aliphatic hydroxyl groups is 8. The number of hydrogen-bond acceptors (Lipinski definition) is 13. The number of ether oxygens (including phenoxy) is 4. The molecule has 0 radical (unpaired) electrons. The van der Waals surface area contributed by atoms with Gasteiger partial charge in [0.05, 0.1) is 32.0 Å². The topological polar surface area (TPSA) is 228 Å². The Morgan fingerprint density at radius 2 is 0.800 bits per heavy atom. The van der Waals surface area contributed by atoms with Crippen LogP contribution in [0.2, 0.25) is 0 Å².